The van der Waals surface area contributed by atoms with Gasteiger partial charge in [0.15, 0.2) is 0 Å². The molecule has 11 heavy (non-hydrogen) atoms. The highest BCUT2D eigenvalue weighted by Gasteiger charge is 1.96. The van der Waals surface area contributed by atoms with Crippen molar-refractivity contribution in [2.24, 2.45) is 0 Å². The number of rotatable bonds is 2. The molecule has 0 saturated heterocycles. The van der Waals surface area contributed by atoms with Crippen molar-refractivity contribution in [1.82, 2.24) is 0 Å². The molecule has 1 aromatic rings. The second-order valence-electron chi connectivity index (χ2n) is 2.46. The largest absolute Gasteiger partial charge is 0.428 e. The van der Waals surface area contributed by atoms with Gasteiger partial charge in [-0.1, -0.05) is 13.8 Å². The highest BCUT2D eigenvalue weighted by Crippen LogP contribution is 2.02. The maximum absolute atomic E-state index is 10.9. The minimum Gasteiger partial charge on any atom is -0.428 e. The monoisotopic (exact) mass is 152 g/mol. The number of hydrogen-bond donors (Lipinski definition) is 0. The minimum atomic E-state index is -0.235. The summed E-state index contributed by atoms with van der Waals surface area (Å²) in [4.78, 5) is 10.9. The third-order valence-electron chi connectivity index (χ3n) is 1.64. The molecule has 1 heterocycles. The Kier molecular flexibility index (Phi) is 2.47. The van der Waals surface area contributed by atoms with Gasteiger partial charge < -0.3 is 4.42 Å². The molecule has 1 aromatic heterocycles. The Morgan fingerprint density at radius 3 is 2.55 bits per heavy atom. The van der Waals surface area contributed by atoms with Gasteiger partial charge in [0.25, 0.3) is 0 Å². The van der Waals surface area contributed by atoms with Crippen LogP contribution in [-0.4, -0.2) is 0 Å². The number of hydrogen-bond acceptors (Lipinski definition) is 2. The van der Waals surface area contributed by atoms with Crippen LogP contribution in [0.3, 0.4) is 0 Å². The Morgan fingerprint density at radius 2 is 2.00 bits per heavy atom. The highest BCUT2D eigenvalue weighted by molar-refractivity contribution is 5.13. The van der Waals surface area contributed by atoms with Crippen molar-refractivity contribution < 1.29 is 4.42 Å². The molecule has 1 rings (SSSR count). The SMILES string of the molecule is CCc1cc(CC)oc(=O)c1. The van der Waals surface area contributed by atoms with Gasteiger partial charge in [-0.05, 0) is 18.1 Å². The van der Waals surface area contributed by atoms with E-state index in [-0.39, 0.29) is 5.63 Å². The molecule has 2 nitrogen and oxygen atoms in total. The van der Waals surface area contributed by atoms with Gasteiger partial charge in [0.1, 0.15) is 5.76 Å². The lowest BCUT2D eigenvalue weighted by Crippen LogP contribution is -2.01. The maximum Gasteiger partial charge on any atom is 0.336 e. The van der Waals surface area contributed by atoms with Crippen LogP contribution in [0.1, 0.15) is 25.2 Å². The van der Waals surface area contributed by atoms with E-state index in [2.05, 4.69) is 0 Å². The van der Waals surface area contributed by atoms with E-state index >= 15 is 0 Å². The molecule has 0 aromatic carbocycles. The van der Waals surface area contributed by atoms with Crippen molar-refractivity contribution in [2.45, 2.75) is 26.7 Å². The Morgan fingerprint density at radius 1 is 1.27 bits per heavy atom. The molecule has 0 unspecified atom stereocenters. The van der Waals surface area contributed by atoms with Gasteiger partial charge in [0, 0.05) is 12.5 Å². The van der Waals surface area contributed by atoms with Crippen molar-refractivity contribution in [2.75, 3.05) is 0 Å². The van der Waals surface area contributed by atoms with E-state index in [1.54, 1.807) is 6.07 Å². The summed E-state index contributed by atoms with van der Waals surface area (Å²) in [6.45, 7) is 3.99. The third-order valence-corrected chi connectivity index (χ3v) is 1.64. The van der Waals surface area contributed by atoms with Crippen LogP contribution in [0.4, 0.5) is 0 Å². The lowest BCUT2D eigenvalue weighted by atomic mass is 10.2. The van der Waals surface area contributed by atoms with Crippen LogP contribution in [-0.2, 0) is 12.8 Å². The van der Waals surface area contributed by atoms with Gasteiger partial charge in [-0.15, -0.1) is 0 Å². The third kappa shape index (κ3) is 1.93. The lowest BCUT2D eigenvalue weighted by Gasteiger charge is -1.97. The van der Waals surface area contributed by atoms with E-state index in [0.29, 0.717) is 0 Å². The topological polar surface area (TPSA) is 30.2 Å². The van der Waals surface area contributed by atoms with E-state index in [9.17, 15) is 4.79 Å². The molecule has 0 fully saturated rings. The summed E-state index contributed by atoms with van der Waals surface area (Å²) >= 11 is 0. The fourth-order valence-electron chi connectivity index (χ4n) is 0.966. The van der Waals surface area contributed by atoms with Gasteiger partial charge in [-0.3, -0.25) is 0 Å². The zero-order valence-electron chi connectivity index (χ0n) is 6.89. The zero-order valence-corrected chi connectivity index (χ0v) is 6.89. The first-order valence-corrected chi connectivity index (χ1v) is 3.89. The molecule has 0 radical (unpaired) electrons. The van der Waals surface area contributed by atoms with Crippen molar-refractivity contribution in [3.8, 4) is 0 Å². The summed E-state index contributed by atoms with van der Waals surface area (Å²) in [6.07, 6.45) is 1.67. The van der Waals surface area contributed by atoms with Gasteiger partial charge in [0.05, 0.1) is 0 Å². The average molecular weight is 152 g/mol. The Hall–Kier alpha value is -1.05. The maximum atomic E-state index is 10.9. The summed E-state index contributed by atoms with van der Waals surface area (Å²) in [7, 11) is 0. The quantitative estimate of drug-likeness (QED) is 0.646. The zero-order chi connectivity index (χ0) is 8.27. The first kappa shape index (κ1) is 8.05. The normalized spacial score (nSPS) is 10.0. The predicted octanol–water partition coefficient (Wildman–Crippen LogP) is 1.76. The van der Waals surface area contributed by atoms with Crippen molar-refractivity contribution >= 4 is 0 Å². The van der Waals surface area contributed by atoms with E-state index in [1.807, 2.05) is 19.9 Å². The molecule has 0 spiro atoms. The molecule has 0 saturated carbocycles. The molecular weight excluding hydrogens is 140 g/mol. The van der Waals surface area contributed by atoms with Crippen LogP contribution in [0.5, 0.6) is 0 Å². The van der Waals surface area contributed by atoms with Crippen LogP contribution in [0.25, 0.3) is 0 Å². The second-order valence-corrected chi connectivity index (χ2v) is 2.46. The molecule has 0 atom stereocenters. The molecule has 0 N–H and O–H groups in total. The van der Waals surface area contributed by atoms with Crippen molar-refractivity contribution in [1.29, 1.82) is 0 Å². The smallest absolute Gasteiger partial charge is 0.336 e. The Bertz CT molecular complexity index is 261. The summed E-state index contributed by atoms with van der Waals surface area (Å²) in [5, 5.41) is 0. The van der Waals surface area contributed by atoms with Crippen LogP contribution < -0.4 is 5.63 Å². The second kappa shape index (κ2) is 3.37. The summed E-state index contributed by atoms with van der Waals surface area (Å²) in [6, 6.07) is 3.47. The Labute approximate surface area is 65.9 Å². The molecule has 0 aliphatic carbocycles. The van der Waals surface area contributed by atoms with Crippen LogP contribution >= 0.6 is 0 Å². The first-order valence-electron chi connectivity index (χ1n) is 3.89. The van der Waals surface area contributed by atoms with Crippen LogP contribution in [0.2, 0.25) is 0 Å². The number of aryl methyl sites for hydroxylation is 2. The average Bonchev–Trinajstić information content (AvgIpc) is 2.03. The van der Waals surface area contributed by atoms with Crippen molar-refractivity contribution in [3.63, 3.8) is 0 Å². The standard InChI is InChI=1S/C9H12O2/c1-3-7-5-8(4-2)11-9(10)6-7/h5-6H,3-4H2,1-2H3. The molecule has 0 aliphatic rings. The van der Waals surface area contributed by atoms with Gasteiger partial charge in [-0.2, -0.15) is 0 Å². The fourth-order valence-corrected chi connectivity index (χ4v) is 0.966. The molecular formula is C9H12O2. The van der Waals surface area contributed by atoms with E-state index in [0.717, 1.165) is 24.2 Å². The molecule has 0 bridgehead atoms. The first-order chi connectivity index (χ1) is 5.26. The summed E-state index contributed by atoms with van der Waals surface area (Å²) in [5.74, 6) is 0.773. The molecule has 2 heteroatoms. The predicted molar refractivity (Wildman–Crippen MR) is 43.7 cm³/mol. The lowest BCUT2D eigenvalue weighted by molar-refractivity contribution is 0.462. The van der Waals surface area contributed by atoms with Gasteiger partial charge in [-0.25, -0.2) is 4.79 Å². The minimum absolute atomic E-state index is 0.235. The highest BCUT2D eigenvalue weighted by atomic mass is 16.4. The summed E-state index contributed by atoms with van der Waals surface area (Å²) in [5.41, 5.74) is 0.819. The summed E-state index contributed by atoms with van der Waals surface area (Å²) < 4.78 is 4.91. The molecule has 0 amide bonds. The van der Waals surface area contributed by atoms with Crippen LogP contribution in [0.15, 0.2) is 21.3 Å². The van der Waals surface area contributed by atoms with Crippen LogP contribution in [0, 0.1) is 0 Å². The van der Waals surface area contributed by atoms with E-state index in [4.69, 9.17) is 4.42 Å². The Balaban J connectivity index is 3.12. The van der Waals surface area contributed by atoms with Gasteiger partial charge in [0.2, 0.25) is 0 Å². The fraction of sp³-hybridized carbons (Fsp3) is 0.444. The molecule has 0 aliphatic heterocycles. The molecule has 60 valence electrons. The van der Waals surface area contributed by atoms with Gasteiger partial charge >= 0.3 is 5.63 Å². The van der Waals surface area contributed by atoms with E-state index < -0.39 is 0 Å². The van der Waals surface area contributed by atoms with Crippen molar-refractivity contribution in [3.05, 3.63) is 33.9 Å². The van der Waals surface area contributed by atoms with E-state index in [1.165, 1.54) is 0 Å².